The highest BCUT2D eigenvalue weighted by Gasteiger charge is 2.35. The van der Waals surface area contributed by atoms with Gasteiger partial charge in [0, 0.05) is 23.2 Å². The SMILES string of the molecule is Cc1cc(C)cc(N(CCC(=O)N2CSCC2C(=O)Nc2ccccc2F)S(=O)(=O)c2ccc(Br)cc2)c1. The zero-order chi connectivity index (χ0) is 27.4. The summed E-state index contributed by atoms with van der Waals surface area (Å²) in [5.41, 5.74) is 2.29. The molecule has 1 saturated heterocycles. The first-order valence-corrected chi connectivity index (χ1v) is 15.2. The second-order valence-corrected chi connectivity index (χ2v) is 12.8. The van der Waals surface area contributed by atoms with Gasteiger partial charge in [-0.3, -0.25) is 13.9 Å². The summed E-state index contributed by atoms with van der Waals surface area (Å²) in [6.07, 6.45) is -0.132. The van der Waals surface area contributed by atoms with Gasteiger partial charge in [-0.1, -0.05) is 34.1 Å². The molecule has 200 valence electrons. The Kier molecular flexibility index (Phi) is 8.79. The van der Waals surface area contributed by atoms with Gasteiger partial charge in [0.05, 0.1) is 22.1 Å². The van der Waals surface area contributed by atoms with Crippen LogP contribution in [-0.4, -0.2) is 49.3 Å². The van der Waals surface area contributed by atoms with Crippen molar-refractivity contribution < 1.29 is 22.4 Å². The van der Waals surface area contributed by atoms with Crippen molar-refractivity contribution in [3.63, 3.8) is 0 Å². The van der Waals surface area contributed by atoms with Crippen LogP contribution in [0.15, 0.2) is 76.1 Å². The molecule has 1 heterocycles. The van der Waals surface area contributed by atoms with Gasteiger partial charge in [0.2, 0.25) is 11.8 Å². The lowest BCUT2D eigenvalue weighted by Crippen LogP contribution is -2.45. The zero-order valence-corrected chi connectivity index (χ0v) is 24.1. The summed E-state index contributed by atoms with van der Waals surface area (Å²) in [4.78, 5) is 27.7. The van der Waals surface area contributed by atoms with Crippen LogP contribution in [0, 0.1) is 19.7 Å². The number of halogens is 2. The third kappa shape index (κ3) is 6.39. The van der Waals surface area contributed by atoms with E-state index in [4.69, 9.17) is 0 Å². The molecular weight excluding hydrogens is 593 g/mol. The summed E-state index contributed by atoms with van der Waals surface area (Å²) in [5, 5.41) is 2.56. The Bertz CT molecular complexity index is 1430. The van der Waals surface area contributed by atoms with Gasteiger partial charge in [-0.25, -0.2) is 12.8 Å². The van der Waals surface area contributed by atoms with Gasteiger partial charge in [-0.15, -0.1) is 11.8 Å². The van der Waals surface area contributed by atoms with Crippen LogP contribution in [0.3, 0.4) is 0 Å². The van der Waals surface area contributed by atoms with Crippen molar-refractivity contribution in [2.45, 2.75) is 31.2 Å². The summed E-state index contributed by atoms with van der Waals surface area (Å²) in [5.74, 6) is -0.751. The van der Waals surface area contributed by atoms with E-state index < -0.39 is 27.8 Å². The van der Waals surface area contributed by atoms with Crippen molar-refractivity contribution in [2.24, 2.45) is 0 Å². The Hall–Kier alpha value is -2.89. The van der Waals surface area contributed by atoms with Crippen LogP contribution in [0.25, 0.3) is 0 Å². The lowest BCUT2D eigenvalue weighted by molar-refractivity contribution is -0.136. The van der Waals surface area contributed by atoms with Crippen molar-refractivity contribution in [2.75, 3.05) is 27.8 Å². The van der Waals surface area contributed by atoms with E-state index in [2.05, 4.69) is 21.2 Å². The summed E-state index contributed by atoms with van der Waals surface area (Å²) in [7, 11) is -3.98. The molecule has 0 bridgehead atoms. The standard InChI is InChI=1S/C27H27BrFN3O4S2/c1-18-13-19(2)15-21(14-18)32(38(35,36)22-9-7-20(28)8-10-22)12-11-26(33)31-17-37-16-25(31)27(34)30-24-6-4-3-5-23(24)29/h3-10,13-15,25H,11-12,16-17H2,1-2H3,(H,30,34). The number of hydrogen-bond acceptors (Lipinski definition) is 5. The Morgan fingerprint density at radius 1 is 1.08 bits per heavy atom. The minimum absolute atomic E-state index is 0.0448. The summed E-state index contributed by atoms with van der Waals surface area (Å²) >= 11 is 4.74. The van der Waals surface area contributed by atoms with Crippen LogP contribution in [0.1, 0.15) is 17.5 Å². The molecule has 1 unspecified atom stereocenters. The molecule has 1 atom stereocenters. The smallest absolute Gasteiger partial charge is 0.264 e. The zero-order valence-electron chi connectivity index (χ0n) is 20.9. The molecule has 7 nitrogen and oxygen atoms in total. The molecule has 1 fully saturated rings. The molecule has 0 spiro atoms. The normalized spacial score (nSPS) is 15.4. The van der Waals surface area contributed by atoms with Crippen LogP contribution >= 0.6 is 27.7 Å². The first-order valence-electron chi connectivity index (χ1n) is 11.9. The Morgan fingerprint density at radius 3 is 2.39 bits per heavy atom. The highest BCUT2D eigenvalue weighted by atomic mass is 79.9. The third-order valence-electron chi connectivity index (χ3n) is 6.06. The Balaban J connectivity index is 1.55. The van der Waals surface area contributed by atoms with Crippen LogP contribution < -0.4 is 9.62 Å². The predicted octanol–water partition coefficient (Wildman–Crippen LogP) is 5.33. The van der Waals surface area contributed by atoms with E-state index in [-0.39, 0.29) is 35.3 Å². The molecule has 2 amide bonds. The minimum atomic E-state index is -3.98. The summed E-state index contributed by atoms with van der Waals surface area (Å²) in [6.45, 7) is 3.65. The molecule has 0 aliphatic carbocycles. The van der Waals surface area contributed by atoms with E-state index in [9.17, 15) is 22.4 Å². The number of hydrogen-bond donors (Lipinski definition) is 1. The van der Waals surface area contributed by atoms with E-state index in [1.165, 1.54) is 51.3 Å². The number of benzene rings is 3. The number of amides is 2. The van der Waals surface area contributed by atoms with E-state index in [0.29, 0.717) is 11.4 Å². The molecular formula is C27H27BrFN3O4S2. The quantitative estimate of drug-likeness (QED) is 0.368. The molecule has 11 heteroatoms. The first-order chi connectivity index (χ1) is 18.1. The van der Waals surface area contributed by atoms with Crippen molar-refractivity contribution in [1.82, 2.24) is 4.90 Å². The van der Waals surface area contributed by atoms with Gasteiger partial charge in [0.15, 0.2) is 0 Å². The topological polar surface area (TPSA) is 86.8 Å². The van der Waals surface area contributed by atoms with Gasteiger partial charge >= 0.3 is 0 Å². The largest absolute Gasteiger partial charge is 0.322 e. The highest BCUT2D eigenvalue weighted by molar-refractivity contribution is 9.10. The lowest BCUT2D eigenvalue weighted by atomic mass is 10.1. The first kappa shape index (κ1) is 28.1. The molecule has 3 aromatic rings. The second-order valence-electron chi connectivity index (χ2n) is 8.98. The lowest BCUT2D eigenvalue weighted by Gasteiger charge is -2.27. The number of anilines is 2. The second kappa shape index (κ2) is 11.9. The number of nitrogens with one attached hydrogen (secondary N) is 1. The summed E-state index contributed by atoms with van der Waals surface area (Å²) in [6, 6.07) is 16.8. The fourth-order valence-corrected chi connectivity index (χ4v) is 7.14. The van der Waals surface area contributed by atoms with Gasteiger partial charge in [-0.05, 0) is 73.5 Å². The number of nitrogens with zero attached hydrogens (tertiary/aromatic N) is 2. The number of aryl methyl sites for hydroxylation is 2. The molecule has 38 heavy (non-hydrogen) atoms. The highest BCUT2D eigenvalue weighted by Crippen LogP contribution is 2.29. The maximum absolute atomic E-state index is 14.0. The molecule has 0 aromatic heterocycles. The van der Waals surface area contributed by atoms with Gasteiger partial charge < -0.3 is 10.2 Å². The molecule has 4 rings (SSSR count). The van der Waals surface area contributed by atoms with E-state index in [1.54, 1.807) is 30.3 Å². The molecule has 3 aromatic carbocycles. The van der Waals surface area contributed by atoms with Crippen molar-refractivity contribution >= 4 is 60.9 Å². The van der Waals surface area contributed by atoms with Crippen LogP contribution in [0.4, 0.5) is 15.8 Å². The maximum Gasteiger partial charge on any atom is 0.264 e. The minimum Gasteiger partial charge on any atom is -0.322 e. The average molecular weight is 621 g/mol. The van der Waals surface area contributed by atoms with Crippen LogP contribution in [-0.2, 0) is 19.6 Å². The molecule has 1 aliphatic heterocycles. The van der Waals surface area contributed by atoms with Crippen molar-refractivity contribution in [3.05, 3.63) is 88.1 Å². The van der Waals surface area contributed by atoms with E-state index in [1.807, 2.05) is 19.9 Å². The number of rotatable bonds is 8. The fourth-order valence-electron chi connectivity index (χ4n) is 4.24. The predicted molar refractivity (Wildman–Crippen MR) is 152 cm³/mol. The summed E-state index contributed by atoms with van der Waals surface area (Å²) < 4.78 is 43.4. The van der Waals surface area contributed by atoms with Gasteiger partial charge in [-0.2, -0.15) is 0 Å². The molecule has 1 aliphatic rings. The third-order valence-corrected chi connectivity index (χ3v) is 9.44. The van der Waals surface area contributed by atoms with E-state index in [0.717, 1.165) is 15.6 Å². The maximum atomic E-state index is 14.0. The van der Waals surface area contributed by atoms with Gasteiger partial charge in [0.1, 0.15) is 11.9 Å². The molecule has 0 radical (unpaired) electrons. The monoisotopic (exact) mass is 619 g/mol. The number of para-hydroxylation sites is 1. The molecule has 0 saturated carbocycles. The number of carbonyl (C=O) groups is 2. The molecule has 1 N–H and O–H groups in total. The average Bonchev–Trinajstić information content (AvgIpc) is 3.35. The van der Waals surface area contributed by atoms with Gasteiger partial charge in [0.25, 0.3) is 10.0 Å². The van der Waals surface area contributed by atoms with Crippen molar-refractivity contribution in [3.8, 4) is 0 Å². The Morgan fingerprint density at radius 2 is 1.74 bits per heavy atom. The van der Waals surface area contributed by atoms with Crippen molar-refractivity contribution in [1.29, 1.82) is 0 Å². The van der Waals surface area contributed by atoms with Crippen LogP contribution in [0.5, 0.6) is 0 Å². The van der Waals surface area contributed by atoms with E-state index >= 15 is 0 Å². The fraction of sp³-hybridized carbons (Fsp3) is 0.259. The Labute approximate surface area is 234 Å². The number of carbonyl (C=O) groups excluding carboxylic acids is 2. The number of sulfonamides is 1. The number of thioether (sulfide) groups is 1. The van der Waals surface area contributed by atoms with Crippen LogP contribution in [0.2, 0.25) is 0 Å².